The summed E-state index contributed by atoms with van der Waals surface area (Å²) in [5.41, 5.74) is 0. The second-order valence-corrected chi connectivity index (χ2v) is 4.52. The summed E-state index contributed by atoms with van der Waals surface area (Å²) < 4.78 is 0. The fourth-order valence-electron chi connectivity index (χ4n) is 2.76. The average molecular weight is 170 g/mol. The molecule has 1 heterocycles. The molecule has 0 aromatic rings. The first kappa shape index (κ1) is 10.0. The summed E-state index contributed by atoms with van der Waals surface area (Å²) in [6, 6.07) is 2.01. The summed E-state index contributed by atoms with van der Waals surface area (Å²) in [5.74, 6) is 0.811. The van der Waals surface area contributed by atoms with Crippen LogP contribution in [-0.4, -0.2) is 37.1 Å². The Hall–Kier alpha value is -0.0800. The van der Waals surface area contributed by atoms with Crippen LogP contribution in [-0.2, 0) is 0 Å². The van der Waals surface area contributed by atoms with Gasteiger partial charge in [0.2, 0.25) is 0 Å². The molecule has 2 heteroatoms. The first-order valence-corrected chi connectivity index (χ1v) is 4.95. The van der Waals surface area contributed by atoms with Gasteiger partial charge >= 0.3 is 0 Å². The number of nitrogens with zero attached hydrogens (tertiary/aromatic N) is 1. The van der Waals surface area contributed by atoms with Gasteiger partial charge in [-0.1, -0.05) is 6.92 Å². The quantitative estimate of drug-likeness (QED) is 0.638. The smallest absolute Gasteiger partial charge is 0.0266 e. The molecule has 0 aromatic carbocycles. The molecule has 0 spiro atoms. The van der Waals surface area contributed by atoms with Gasteiger partial charge in [-0.25, -0.2) is 0 Å². The van der Waals surface area contributed by atoms with Gasteiger partial charge in [0.25, 0.3) is 0 Å². The Bertz CT molecular complexity index is 133. The second kappa shape index (κ2) is 3.75. The molecule has 1 rings (SSSR count). The van der Waals surface area contributed by atoms with Gasteiger partial charge < -0.3 is 10.2 Å². The maximum absolute atomic E-state index is 3.60. The molecular formula is C10H22N2. The molecule has 1 aliphatic heterocycles. The first-order valence-electron chi connectivity index (χ1n) is 4.95. The van der Waals surface area contributed by atoms with E-state index in [9.17, 15) is 0 Å². The van der Waals surface area contributed by atoms with Crippen LogP contribution in [0.3, 0.4) is 0 Å². The van der Waals surface area contributed by atoms with Gasteiger partial charge in [-0.3, -0.25) is 0 Å². The Morgan fingerprint density at radius 1 is 1.17 bits per heavy atom. The highest BCUT2D eigenvalue weighted by Gasteiger charge is 2.31. The predicted molar refractivity (Wildman–Crippen MR) is 53.3 cm³/mol. The van der Waals surface area contributed by atoms with Crippen LogP contribution in [0.25, 0.3) is 0 Å². The van der Waals surface area contributed by atoms with E-state index in [-0.39, 0.29) is 0 Å². The van der Waals surface area contributed by atoms with Gasteiger partial charge in [0.15, 0.2) is 0 Å². The van der Waals surface area contributed by atoms with E-state index in [1.54, 1.807) is 0 Å². The molecule has 72 valence electrons. The van der Waals surface area contributed by atoms with E-state index < -0.39 is 0 Å². The van der Waals surface area contributed by atoms with Crippen LogP contribution in [0.2, 0.25) is 0 Å². The molecule has 1 aliphatic rings. The summed E-state index contributed by atoms with van der Waals surface area (Å²) in [6.07, 6.45) is 1.30. The third-order valence-corrected chi connectivity index (χ3v) is 2.96. The molecule has 1 saturated heterocycles. The van der Waals surface area contributed by atoms with Gasteiger partial charge in [-0.05, 0) is 40.3 Å². The maximum atomic E-state index is 3.60. The number of nitrogens with one attached hydrogen (secondary N) is 1. The van der Waals surface area contributed by atoms with E-state index in [0.29, 0.717) is 18.1 Å². The molecule has 1 N–H and O–H groups in total. The summed E-state index contributed by atoms with van der Waals surface area (Å²) in [7, 11) is 4.35. The second-order valence-electron chi connectivity index (χ2n) is 4.52. The van der Waals surface area contributed by atoms with Crippen molar-refractivity contribution in [1.29, 1.82) is 0 Å². The van der Waals surface area contributed by atoms with Crippen molar-refractivity contribution in [3.05, 3.63) is 0 Å². The zero-order chi connectivity index (χ0) is 9.30. The minimum atomic E-state index is 0.624. The summed E-state index contributed by atoms with van der Waals surface area (Å²) in [4.78, 5) is 2.34. The van der Waals surface area contributed by atoms with E-state index in [0.717, 1.165) is 5.92 Å². The predicted octanol–water partition coefficient (Wildman–Crippen LogP) is 1.32. The van der Waals surface area contributed by atoms with Crippen LogP contribution < -0.4 is 5.32 Å². The molecule has 12 heavy (non-hydrogen) atoms. The molecule has 0 aliphatic carbocycles. The topological polar surface area (TPSA) is 15.3 Å². The number of likely N-dealkylation sites (N-methyl/N-ethyl adjacent to an activating group) is 1. The molecule has 2 nitrogen and oxygen atoms in total. The van der Waals surface area contributed by atoms with Crippen molar-refractivity contribution in [2.24, 2.45) is 5.92 Å². The van der Waals surface area contributed by atoms with Crippen molar-refractivity contribution >= 4 is 0 Å². The van der Waals surface area contributed by atoms with E-state index >= 15 is 0 Å². The lowest BCUT2D eigenvalue weighted by Crippen LogP contribution is -2.56. The van der Waals surface area contributed by atoms with E-state index in [1.165, 1.54) is 6.42 Å². The number of piperidine rings is 1. The van der Waals surface area contributed by atoms with E-state index in [2.05, 4.69) is 45.1 Å². The monoisotopic (exact) mass is 170 g/mol. The third kappa shape index (κ3) is 1.99. The van der Waals surface area contributed by atoms with E-state index in [4.69, 9.17) is 0 Å². The molecule has 0 amide bonds. The van der Waals surface area contributed by atoms with Crippen LogP contribution in [0.5, 0.6) is 0 Å². The zero-order valence-electron chi connectivity index (χ0n) is 8.96. The van der Waals surface area contributed by atoms with Crippen LogP contribution in [0.1, 0.15) is 27.2 Å². The molecule has 0 saturated carbocycles. The van der Waals surface area contributed by atoms with Crippen LogP contribution in [0.4, 0.5) is 0 Å². The number of rotatable bonds is 1. The largest absolute Gasteiger partial charge is 0.310 e. The number of hydrogen-bond donors (Lipinski definition) is 1. The average Bonchev–Trinajstić information content (AvgIpc) is 1.82. The molecule has 0 aromatic heterocycles. The third-order valence-electron chi connectivity index (χ3n) is 2.96. The highest BCUT2D eigenvalue weighted by Crippen LogP contribution is 2.22. The minimum absolute atomic E-state index is 0.624. The fraction of sp³-hybridized carbons (Fsp3) is 1.00. The summed E-state index contributed by atoms with van der Waals surface area (Å²) >= 11 is 0. The van der Waals surface area contributed by atoms with Gasteiger partial charge in [0, 0.05) is 18.1 Å². The van der Waals surface area contributed by atoms with Crippen LogP contribution in [0.15, 0.2) is 0 Å². The van der Waals surface area contributed by atoms with Gasteiger partial charge in [-0.2, -0.15) is 0 Å². The summed E-state index contributed by atoms with van der Waals surface area (Å²) in [5, 5.41) is 3.60. The van der Waals surface area contributed by atoms with Crippen molar-refractivity contribution in [3.63, 3.8) is 0 Å². The molecular weight excluding hydrogens is 148 g/mol. The lowest BCUT2D eigenvalue weighted by Gasteiger charge is -2.42. The zero-order valence-corrected chi connectivity index (χ0v) is 8.96. The SMILES string of the molecule is CC1CC(C)C(N(C)C)C(C)N1. The van der Waals surface area contributed by atoms with Crippen molar-refractivity contribution in [1.82, 2.24) is 10.2 Å². The highest BCUT2D eigenvalue weighted by atomic mass is 15.2. The Labute approximate surface area is 76.3 Å². The molecule has 1 fully saturated rings. The molecule has 4 atom stereocenters. The molecule has 4 unspecified atom stereocenters. The minimum Gasteiger partial charge on any atom is -0.310 e. The van der Waals surface area contributed by atoms with Gasteiger partial charge in [0.05, 0.1) is 0 Å². The lowest BCUT2D eigenvalue weighted by atomic mass is 9.85. The Balaban J connectivity index is 2.60. The Morgan fingerprint density at radius 2 is 1.75 bits per heavy atom. The summed E-state index contributed by atoms with van der Waals surface area (Å²) in [6.45, 7) is 6.92. The Kier molecular flexibility index (Phi) is 3.13. The highest BCUT2D eigenvalue weighted by molar-refractivity contribution is 4.90. The normalized spacial score (nSPS) is 43.5. The van der Waals surface area contributed by atoms with Crippen molar-refractivity contribution < 1.29 is 0 Å². The van der Waals surface area contributed by atoms with Crippen molar-refractivity contribution in [2.45, 2.75) is 45.3 Å². The maximum Gasteiger partial charge on any atom is 0.0266 e. The lowest BCUT2D eigenvalue weighted by molar-refractivity contribution is 0.119. The van der Waals surface area contributed by atoms with Crippen LogP contribution >= 0.6 is 0 Å². The van der Waals surface area contributed by atoms with Gasteiger partial charge in [-0.15, -0.1) is 0 Å². The van der Waals surface area contributed by atoms with Gasteiger partial charge in [0.1, 0.15) is 0 Å². The number of hydrogen-bond acceptors (Lipinski definition) is 2. The van der Waals surface area contributed by atoms with E-state index in [1.807, 2.05) is 0 Å². The Morgan fingerprint density at radius 3 is 2.17 bits per heavy atom. The van der Waals surface area contributed by atoms with Crippen LogP contribution in [0, 0.1) is 5.92 Å². The van der Waals surface area contributed by atoms with Crippen molar-refractivity contribution in [2.75, 3.05) is 14.1 Å². The van der Waals surface area contributed by atoms with Crippen molar-refractivity contribution in [3.8, 4) is 0 Å². The molecule has 0 bridgehead atoms. The first-order chi connectivity index (χ1) is 5.52. The molecule has 0 radical (unpaired) electrons. The standard InChI is InChI=1S/C10H22N2/c1-7-6-8(2)11-9(3)10(7)12(4)5/h7-11H,6H2,1-5H3. The fourth-order valence-corrected chi connectivity index (χ4v) is 2.76.